The van der Waals surface area contributed by atoms with Crippen LogP contribution in [0.1, 0.15) is 42.2 Å². The summed E-state index contributed by atoms with van der Waals surface area (Å²) in [5.74, 6) is 2.22. The fourth-order valence-corrected chi connectivity index (χ4v) is 3.33. The van der Waals surface area contributed by atoms with Gasteiger partial charge in [0, 0.05) is 13.1 Å². The number of furan rings is 1. The molecular formula is C25H31NO3. The van der Waals surface area contributed by atoms with E-state index in [1.54, 1.807) is 6.26 Å². The van der Waals surface area contributed by atoms with Gasteiger partial charge in [-0.1, -0.05) is 56.3 Å². The smallest absolute Gasteiger partial charge is 0.122 e. The van der Waals surface area contributed by atoms with Gasteiger partial charge in [0.05, 0.1) is 12.8 Å². The topological polar surface area (TPSA) is 45.8 Å². The minimum absolute atomic E-state index is 0.256. The van der Waals surface area contributed by atoms with Gasteiger partial charge in [-0.05, 0) is 47.7 Å². The van der Waals surface area contributed by atoms with Crippen molar-refractivity contribution in [1.82, 2.24) is 4.90 Å². The highest BCUT2D eigenvalue weighted by molar-refractivity contribution is 5.31. The Morgan fingerprint density at radius 1 is 0.966 bits per heavy atom. The van der Waals surface area contributed by atoms with E-state index < -0.39 is 6.10 Å². The van der Waals surface area contributed by atoms with E-state index in [1.807, 2.05) is 43.3 Å². The molecule has 154 valence electrons. The Bertz CT molecular complexity index is 856. The van der Waals surface area contributed by atoms with Crippen molar-refractivity contribution in [2.45, 2.75) is 45.9 Å². The molecular weight excluding hydrogens is 362 g/mol. The van der Waals surface area contributed by atoms with Crippen molar-refractivity contribution in [3.63, 3.8) is 0 Å². The molecule has 4 heteroatoms. The zero-order valence-corrected chi connectivity index (χ0v) is 17.5. The molecule has 0 amide bonds. The van der Waals surface area contributed by atoms with E-state index in [0.29, 0.717) is 19.0 Å². The zero-order valence-electron chi connectivity index (χ0n) is 17.5. The fraction of sp³-hybridized carbons (Fsp3) is 0.360. The Morgan fingerprint density at radius 2 is 1.72 bits per heavy atom. The van der Waals surface area contributed by atoms with E-state index in [0.717, 1.165) is 23.6 Å². The number of ether oxygens (including phenoxy) is 1. The minimum Gasteiger partial charge on any atom is -0.491 e. The summed E-state index contributed by atoms with van der Waals surface area (Å²) in [6.45, 7) is 8.53. The molecule has 1 heterocycles. The van der Waals surface area contributed by atoms with Crippen LogP contribution in [0.5, 0.6) is 5.75 Å². The van der Waals surface area contributed by atoms with Crippen LogP contribution in [0.4, 0.5) is 0 Å². The Morgan fingerprint density at radius 3 is 2.38 bits per heavy atom. The second-order valence-electron chi connectivity index (χ2n) is 7.88. The second kappa shape index (κ2) is 10.3. The highest BCUT2D eigenvalue weighted by atomic mass is 16.5. The van der Waals surface area contributed by atoms with Gasteiger partial charge in [-0.25, -0.2) is 0 Å². The molecule has 0 saturated heterocycles. The van der Waals surface area contributed by atoms with Gasteiger partial charge < -0.3 is 14.3 Å². The molecule has 0 saturated carbocycles. The van der Waals surface area contributed by atoms with E-state index in [4.69, 9.17) is 9.15 Å². The Balaban J connectivity index is 1.62. The van der Waals surface area contributed by atoms with Gasteiger partial charge in [0.15, 0.2) is 0 Å². The highest BCUT2D eigenvalue weighted by Gasteiger charge is 2.15. The number of rotatable bonds is 10. The van der Waals surface area contributed by atoms with Crippen molar-refractivity contribution in [1.29, 1.82) is 0 Å². The van der Waals surface area contributed by atoms with Crippen LogP contribution >= 0.6 is 0 Å². The molecule has 1 N–H and O–H groups in total. The third-order valence-corrected chi connectivity index (χ3v) is 5.01. The van der Waals surface area contributed by atoms with Crippen molar-refractivity contribution in [3.05, 3.63) is 89.4 Å². The summed E-state index contributed by atoms with van der Waals surface area (Å²) >= 11 is 0. The first-order chi connectivity index (χ1) is 14.0. The average Bonchev–Trinajstić information content (AvgIpc) is 3.21. The van der Waals surface area contributed by atoms with Crippen molar-refractivity contribution in [3.8, 4) is 5.75 Å². The average molecular weight is 394 g/mol. The standard InChI is InChI=1S/C25H31NO3/c1-19(2)22-12-10-21(11-13-22)15-26(17-24-8-6-14-28-24)16-23(27)18-29-25-9-5-4-7-20(25)3/h4-14,19,23,27H,15-18H2,1-3H3. The maximum Gasteiger partial charge on any atom is 0.122 e. The molecule has 29 heavy (non-hydrogen) atoms. The molecule has 0 fully saturated rings. The number of aliphatic hydroxyl groups is 1. The highest BCUT2D eigenvalue weighted by Crippen LogP contribution is 2.18. The van der Waals surface area contributed by atoms with Gasteiger partial charge in [-0.3, -0.25) is 4.90 Å². The number of hydrogen-bond donors (Lipinski definition) is 1. The molecule has 0 radical (unpaired) electrons. The Labute approximate surface area is 173 Å². The van der Waals surface area contributed by atoms with Crippen LogP contribution in [-0.2, 0) is 13.1 Å². The lowest BCUT2D eigenvalue weighted by Crippen LogP contribution is -2.35. The van der Waals surface area contributed by atoms with Crippen LogP contribution in [0, 0.1) is 6.92 Å². The van der Waals surface area contributed by atoms with Gasteiger partial charge >= 0.3 is 0 Å². The van der Waals surface area contributed by atoms with Gasteiger partial charge in [0.25, 0.3) is 0 Å². The van der Waals surface area contributed by atoms with E-state index in [2.05, 4.69) is 43.0 Å². The van der Waals surface area contributed by atoms with Gasteiger partial charge in [0.1, 0.15) is 24.2 Å². The lowest BCUT2D eigenvalue weighted by atomic mass is 10.0. The first-order valence-electron chi connectivity index (χ1n) is 10.2. The van der Waals surface area contributed by atoms with E-state index >= 15 is 0 Å². The molecule has 3 rings (SSSR count). The summed E-state index contributed by atoms with van der Waals surface area (Å²) in [6.07, 6.45) is 1.09. The normalized spacial score (nSPS) is 12.5. The molecule has 3 aromatic rings. The van der Waals surface area contributed by atoms with Crippen LogP contribution in [-0.4, -0.2) is 29.3 Å². The lowest BCUT2D eigenvalue weighted by molar-refractivity contribution is 0.0602. The second-order valence-corrected chi connectivity index (χ2v) is 7.88. The van der Waals surface area contributed by atoms with Crippen LogP contribution in [0.15, 0.2) is 71.3 Å². The molecule has 0 aliphatic rings. The molecule has 1 atom stereocenters. The monoisotopic (exact) mass is 393 g/mol. The summed E-state index contributed by atoms with van der Waals surface area (Å²) in [5, 5.41) is 10.6. The SMILES string of the molecule is Cc1ccccc1OCC(O)CN(Cc1ccc(C(C)C)cc1)Cc1ccco1. The molecule has 1 aromatic heterocycles. The molecule has 2 aromatic carbocycles. The lowest BCUT2D eigenvalue weighted by Gasteiger charge is -2.25. The van der Waals surface area contributed by atoms with Crippen LogP contribution in [0.3, 0.4) is 0 Å². The molecule has 0 aliphatic heterocycles. The Kier molecular flexibility index (Phi) is 7.50. The van der Waals surface area contributed by atoms with Crippen molar-refractivity contribution in [2.75, 3.05) is 13.2 Å². The van der Waals surface area contributed by atoms with Gasteiger partial charge in [-0.15, -0.1) is 0 Å². The number of aliphatic hydroxyl groups excluding tert-OH is 1. The number of para-hydroxylation sites is 1. The van der Waals surface area contributed by atoms with Crippen molar-refractivity contribution < 1.29 is 14.3 Å². The molecule has 0 spiro atoms. The third kappa shape index (κ3) is 6.48. The fourth-order valence-electron chi connectivity index (χ4n) is 3.33. The summed E-state index contributed by atoms with van der Waals surface area (Å²) in [6, 6.07) is 20.4. The predicted molar refractivity (Wildman–Crippen MR) is 116 cm³/mol. The minimum atomic E-state index is -0.598. The van der Waals surface area contributed by atoms with Gasteiger partial charge in [0.2, 0.25) is 0 Å². The zero-order chi connectivity index (χ0) is 20.6. The van der Waals surface area contributed by atoms with Crippen molar-refractivity contribution >= 4 is 0 Å². The predicted octanol–water partition coefficient (Wildman–Crippen LogP) is 5.15. The van der Waals surface area contributed by atoms with E-state index in [9.17, 15) is 5.11 Å². The summed E-state index contributed by atoms with van der Waals surface area (Å²) < 4.78 is 11.4. The summed E-state index contributed by atoms with van der Waals surface area (Å²) in [5.41, 5.74) is 3.61. The van der Waals surface area contributed by atoms with Crippen LogP contribution in [0.25, 0.3) is 0 Å². The summed E-state index contributed by atoms with van der Waals surface area (Å²) in [7, 11) is 0. The number of aryl methyl sites for hydroxylation is 1. The summed E-state index contributed by atoms with van der Waals surface area (Å²) in [4.78, 5) is 2.19. The molecule has 0 aliphatic carbocycles. The number of hydrogen-bond acceptors (Lipinski definition) is 4. The molecule has 1 unspecified atom stereocenters. The third-order valence-electron chi connectivity index (χ3n) is 5.01. The number of benzene rings is 2. The molecule has 4 nitrogen and oxygen atoms in total. The maximum atomic E-state index is 10.6. The van der Waals surface area contributed by atoms with Crippen LogP contribution < -0.4 is 4.74 Å². The largest absolute Gasteiger partial charge is 0.491 e. The van der Waals surface area contributed by atoms with Crippen molar-refractivity contribution in [2.24, 2.45) is 0 Å². The van der Waals surface area contributed by atoms with E-state index in [-0.39, 0.29) is 6.61 Å². The van der Waals surface area contributed by atoms with Crippen LogP contribution in [0.2, 0.25) is 0 Å². The molecule has 0 bridgehead atoms. The van der Waals surface area contributed by atoms with Gasteiger partial charge in [-0.2, -0.15) is 0 Å². The van der Waals surface area contributed by atoms with E-state index in [1.165, 1.54) is 11.1 Å². The first-order valence-corrected chi connectivity index (χ1v) is 10.2. The maximum absolute atomic E-state index is 10.6. The number of nitrogens with zero attached hydrogens (tertiary/aromatic N) is 1. The Hall–Kier alpha value is -2.56. The quantitative estimate of drug-likeness (QED) is 0.517. The first kappa shape index (κ1) is 21.2.